The van der Waals surface area contributed by atoms with Crippen molar-refractivity contribution in [3.8, 4) is 0 Å². The van der Waals surface area contributed by atoms with E-state index in [0.29, 0.717) is 16.6 Å². The number of hydrogen-bond acceptors (Lipinski definition) is 6. The third kappa shape index (κ3) is 4.10. The Morgan fingerprint density at radius 3 is 2.63 bits per heavy atom. The fraction of sp³-hybridized carbons (Fsp3) is 0.381. The zero-order valence-corrected chi connectivity index (χ0v) is 17.7. The molecule has 0 unspecified atom stereocenters. The van der Waals surface area contributed by atoms with Crippen molar-refractivity contribution >= 4 is 22.9 Å². The van der Waals surface area contributed by atoms with E-state index in [0.717, 1.165) is 11.3 Å². The molecule has 9 heteroatoms. The molecule has 30 heavy (non-hydrogen) atoms. The fourth-order valence-electron chi connectivity index (χ4n) is 3.26. The first kappa shape index (κ1) is 21.2. The number of esters is 1. The lowest BCUT2D eigenvalue weighted by Gasteiger charge is -2.11. The molecule has 2 N–H and O–H groups in total. The number of aromatic nitrogens is 4. The van der Waals surface area contributed by atoms with Gasteiger partial charge in [-0.15, -0.1) is 0 Å². The monoisotopic (exact) mass is 411 g/mol. The molecule has 0 saturated heterocycles. The molecule has 0 fully saturated rings. The Kier molecular flexibility index (Phi) is 6.00. The van der Waals surface area contributed by atoms with Crippen LogP contribution in [0, 0.1) is 13.8 Å². The number of nitrogens with one attached hydrogen (secondary N) is 2. The van der Waals surface area contributed by atoms with Gasteiger partial charge in [0.2, 0.25) is 0 Å². The summed E-state index contributed by atoms with van der Waals surface area (Å²) in [6.45, 7) is 9.42. The molecule has 0 bridgehead atoms. The maximum Gasteiger partial charge on any atom is 0.357 e. The van der Waals surface area contributed by atoms with Crippen LogP contribution in [0.5, 0.6) is 0 Å². The molecule has 0 aliphatic rings. The zero-order chi connectivity index (χ0) is 22.0. The second-order valence-electron chi connectivity index (χ2n) is 7.32. The highest BCUT2D eigenvalue weighted by Crippen LogP contribution is 2.22. The quantitative estimate of drug-likeness (QED) is 0.601. The molecule has 0 atom stereocenters. The Hall–Kier alpha value is -3.49. The number of H-pyrrole nitrogens is 1. The minimum Gasteiger partial charge on any atom is -0.461 e. The van der Waals surface area contributed by atoms with E-state index in [1.54, 1.807) is 24.7 Å². The number of pyridine rings is 2. The van der Waals surface area contributed by atoms with Crippen LogP contribution in [0.3, 0.4) is 0 Å². The third-order valence-electron chi connectivity index (χ3n) is 4.70. The van der Waals surface area contributed by atoms with Crippen LogP contribution < -0.4 is 10.9 Å². The van der Waals surface area contributed by atoms with Crippen molar-refractivity contribution < 1.29 is 14.3 Å². The van der Waals surface area contributed by atoms with Gasteiger partial charge in [0.25, 0.3) is 11.5 Å². The van der Waals surface area contributed by atoms with E-state index in [9.17, 15) is 14.4 Å². The topological polar surface area (TPSA) is 119 Å². The summed E-state index contributed by atoms with van der Waals surface area (Å²) in [5.74, 6) is -1.05. The van der Waals surface area contributed by atoms with Gasteiger partial charge in [-0.3, -0.25) is 9.59 Å². The highest BCUT2D eigenvalue weighted by molar-refractivity contribution is 6.07. The zero-order valence-electron chi connectivity index (χ0n) is 17.7. The average Bonchev–Trinajstić information content (AvgIpc) is 3.10. The van der Waals surface area contributed by atoms with E-state index in [2.05, 4.69) is 20.4 Å². The van der Waals surface area contributed by atoms with E-state index in [-0.39, 0.29) is 36.0 Å². The predicted octanol–water partition coefficient (Wildman–Crippen LogP) is 2.42. The molecule has 0 saturated carbocycles. The van der Waals surface area contributed by atoms with E-state index < -0.39 is 11.9 Å². The SMILES string of the molecule is CCOC(=O)c1cc(C(=O)NCc2c(C)cc(C)[nH]c2=O)c2cnn(C(C)C)c2n1. The molecule has 158 valence electrons. The van der Waals surface area contributed by atoms with Gasteiger partial charge in [0.15, 0.2) is 11.3 Å². The molecule has 3 aromatic heterocycles. The van der Waals surface area contributed by atoms with Crippen molar-refractivity contribution in [3.63, 3.8) is 0 Å². The lowest BCUT2D eigenvalue weighted by atomic mass is 10.1. The largest absolute Gasteiger partial charge is 0.461 e. The number of amides is 1. The Bertz CT molecular complexity index is 1180. The second kappa shape index (κ2) is 8.48. The van der Waals surface area contributed by atoms with Crippen LogP contribution in [0.4, 0.5) is 0 Å². The number of carbonyl (C=O) groups is 2. The Morgan fingerprint density at radius 2 is 2.00 bits per heavy atom. The number of nitrogens with zero attached hydrogens (tertiary/aromatic N) is 3. The van der Waals surface area contributed by atoms with Crippen molar-refractivity contribution in [2.24, 2.45) is 0 Å². The van der Waals surface area contributed by atoms with Gasteiger partial charge in [0, 0.05) is 23.8 Å². The van der Waals surface area contributed by atoms with Gasteiger partial charge in [-0.1, -0.05) is 0 Å². The number of ether oxygens (including phenoxy) is 1. The van der Waals surface area contributed by atoms with Gasteiger partial charge >= 0.3 is 5.97 Å². The first-order chi connectivity index (χ1) is 14.2. The summed E-state index contributed by atoms with van der Waals surface area (Å²) < 4.78 is 6.69. The lowest BCUT2D eigenvalue weighted by Crippen LogP contribution is -2.28. The molecule has 1 amide bonds. The van der Waals surface area contributed by atoms with Gasteiger partial charge in [-0.05, 0) is 52.3 Å². The number of carbonyl (C=O) groups excluding carboxylic acids is 2. The minimum absolute atomic E-state index is 0.0166. The van der Waals surface area contributed by atoms with Crippen molar-refractivity contribution in [2.75, 3.05) is 6.61 Å². The predicted molar refractivity (Wildman–Crippen MR) is 112 cm³/mol. The van der Waals surface area contributed by atoms with Gasteiger partial charge in [-0.25, -0.2) is 14.5 Å². The summed E-state index contributed by atoms with van der Waals surface area (Å²) in [6, 6.07) is 3.23. The summed E-state index contributed by atoms with van der Waals surface area (Å²) in [7, 11) is 0. The molecule has 3 heterocycles. The summed E-state index contributed by atoms with van der Waals surface area (Å²) >= 11 is 0. The van der Waals surface area contributed by atoms with Gasteiger partial charge in [0.1, 0.15) is 0 Å². The van der Waals surface area contributed by atoms with Crippen LogP contribution in [0.2, 0.25) is 0 Å². The van der Waals surface area contributed by atoms with Crippen LogP contribution in [-0.2, 0) is 11.3 Å². The van der Waals surface area contributed by atoms with Crippen molar-refractivity contribution in [2.45, 2.75) is 47.2 Å². The molecule has 0 spiro atoms. The van der Waals surface area contributed by atoms with Crippen molar-refractivity contribution in [1.29, 1.82) is 0 Å². The molecule has 0 aliphatic heterocycles. The Labute approximate surface area is 173 Å². The van der Waals surface area contributed by atoms with Gasteiger partial charge in [-0.2, -0.15) is 5.10 Å². The van der Waals surface area contributed by atoms with Gasteiger partial charge in [0.05, 0.1) is 23.8 Å². The highest BCUT2D eigenvalue weighted by atomic mass is 16.5. The molecule has 9 nitrogen and oxygen atoms in total. The van der Waals surface area contributed by atoms with E-state index >= 15 is 0 Å². The summed E-state index contributed by atoms with van der Waals surface area (Å²) in [5, 5.41) is 7.59. The third-order valence-corrected chi connectivity index (χ3v) is 4.70. The highest BCUT2D eigenvalue weighted by Gasteiger charge is 2.21. The van der Waals surface area contributed by atoms with Gasteiger partial charge < -0.3 is 15.0 Å². The van der Waals surface area contributed by atoms with E-state index in [1.807, 2.05) is 26.8 Å². The van der Waals surface area contributed by atoms with Crippen molar-refractivity contribution in [1.82, 2.24) is 25.1 Å². The maximum absolute atomic E-state index is 13.0. The van der Waals surface area contributed by atoms with E-state index in [4.69, 9.17) is 4.74 Å². The molecule has 0 aromatic carbocycles. The fourth-order valence-corrected chi connectivity index (χ4v) is 3.26. The van der Waals surface area contributed by atoms with E-state index in [1.165, 1.54) is 6.07 Å². The second-order valence-corrected chi connectivity index (χ2v) is 7.32. The van der Waals surface area contributed by atoms with Crippen LogP contribution in [0.25, 0.3) is 11.0 Å². The molecule has 3 rings (SSSR count). The molecule has 0 aliphatic carbocycles. The maximum atomic E-state index is 13.0. The lowest BCUT2D eigenvalue weighted by molar-refractivity contribution is 0.0520. The molecular weight excluding hydrogens is 386 g/mol. The van der Waals surface area contributed by atoms with Crippen LogP contribution in [0.1, 0.15) is 64.5 Å². The van der Waals surface area contributed by atoms with Crippen LogP contribution in [0.15, 0.2) is 23.1 Å². The number of hydrogen-bond donors (Lipinski definition) is 2. The smallest absolute Gasteiger partial charge is 0.357 e. The number of rotatable bonds is 6. The number of fused-ring (bicyclic) bond motifs is 1. The average molecular weight is 411 g/mol. The summed E-state index contributed by atoms with van der Waals surface area (Å²) in [6.07, 6.45) is 1.55. The summed E-state index contributed by atoms with van der Waals surface area (Å²) in [4.78, 5) is 44.6. The van der Waals surface area contributed by atoms with Crippen molar-refractivity contribution in [3.05, 3.63) is 56.8 Å². The Morgan fingerprint density at radius 1 is 1.27 bits per heavy atom. The van der Waals surface area contributed by atoms with Crippen LogP contribution >= 0.6 is 0 Å². The first-order valence-electron chi connectivity index (χ1n) is 9.75. The standard InChI is InChI=1S/C21H25N5O4/c1-6-30-21(29)17-8-14(16-10-23-26(11(2)3)18(16)25-17)19(27)22-9-15-12(4)7-13(5)24-20(15)28/h7-8,10-11H,6,9H2,1-5H3,(H,22,27)(H,24,28). The molecule has 3 aromatic rings. The number of aromatic amines is 1. The summed E-state index contributed by atoms with van der Waals surface area (Å²) in [5.41, 5.74) is 2.47. The van der Waals surface area contributed by atoms with Crippen LogP contribution in [-0.4, -0.2) is 38.2 Å². The minimum atomic E-state index is -0.615. The number of aryl methyl sites for hydroxylation is 2. The molecular formula is C21H25N5O4. The Balaban J connectivity index is 2.00. The molecule has 0 radical (unpaired) electrons. The normalized spacial score (nSPS) is 11.1. The first-order valence-corrected chi connectivity index (χ1v) is 9.75.